The molecule has 0 aromatic heterocycles. The van der Waals surface area contributed by atoms with Crippen molar-refractivity contribution < 1.29 is 4.79 Å². The third-order valence-electron chi connectivity index (χ3n) is 2.67. The van der Waals surface area contributed by atoms with Crippen LogP contribution in [0.15, 0.2) is 36.9 Å². The van der Waals surface area contributed by atoms with Crippen LogP contribution in [-0.4, -0.2) is 12.5 Å². The van der Waals surface area contributed by atoms with Crippen molar-refractivity contribution in [2.75, 3.05) is 17.2 Å². The predicted molar refractivity (Wildman–Crippen MR) is 61.5 cm³/mol. The van der Waals surface area contributed by atoms with Crippen molar-refractivity contribution in [2.45, 2.75) is 6.42 Å². The molecule has 0 aliphatic carbocycles. The zero-order valence-corrected chi connectivity index (χ0v) is 8.52. The van der Waals surface area contributed by atoms with Crippen LogP contribution in [0.3, 0.4) is 0 Å². The number of nitrogens with zero attached hydrogens (tertiary/aromatic N) is 1. The minimum absolute atomic E-state index is 0.144. The molecule has 3 heteroatoms. The number of benzene rings is 1. The molecule has 1 atom stereocenters. The monoisotopic (exact) mass is 202 g/mol. The van der Waals surface area contributed by atoms with Crippen molar-refractivity contribution in [1.82, 2.24) is 0 Å². The number of rotatable bonds is 2. The van der Waals surface area contributed by atoms with E-state index in [1.165, 1.54) is 0 Å². The Kier molecular flexibility index (Phi) is 2.46. The van der Waals surface area contributed by atoms with Crippen molar-refractivity contribution in [1.29, 1.82) is 0 Å². The highest BCUT2D eigenvalue weighted by molar-refractivity contribution is 5.96. The highest BCUT2D eigenvalue weighted by atomic mass is 16.2. The summed E-state index contributed by atoms with van der Waals surface area (Å²) in [5, 5.41) is 0. The van der Waals surface area contributed by atoms with Crippen LogP contribution in [0.5, 0.6) is 0 Å². The lowest BCUT2D eigenvalue weighted by Crippen LogP contribution is -2.24. The summed E-state index contributed by atoms with van der Waals surface area (Å²) in [6, 6.07) is 7.40. The number of anilines is 2. The summed E-state index contributed by atoms with van der Waals surface area (Å²) in [6.45, 7) is 4.43. The molecule has 0 bridgehead atoms. The number of hydrogen-bond donors (Lipinski definition) is 1. The van der Waals surface area contributed by atoms with E-state index < -0.39 is 0 Å². The Morgan fingerprint density at radius 3 is 2.93 bits per heavy atom. The molecule has 1 aliphatic heterocycles. The molecule has 0 radical (unpaired) electrons. The summed E-state index contributed by atoms with van der Waals surface area (Å²) in [5.41, 5.74) is 7.24. The average molecular weight is 202 g/mol. The molecule has 1 amide bonds. The smallest absolute Gasteiger partial charge is 0.227 e. The van der Waals surface area contributed by atoms with Gasteiger partial charge in [-0.15, -0.1) is 6.58 Å². The van der Waals surface area contributed by atoms with E-state index in [0.29, 0.717) is 18.7 Å². The van der Waals surface area contributed by atoms with Crippen LogP contribution in [0.4, 0.5) is 11.4 Å². The third kappa shape index (κ3) is 1.86. The Morgan fingerprint density at radius 1 is 1.53 bits per heavy atom. The van der Waals surface area contributed by atoms with Gasteiger partial charge in [0.05, 0.1) is 0 Å². The highest BCUT2D eigenvalue weighted by Gasteiger charge is 2.28. The van der Waals surface area contributed by atoms with Gasteiger partial charge in [0.15, 0.2) is 0 Å². The molecular weight excluding hydrogens is 188 g/mol. The van der Waals surface area contributed by atoms with Gasteiger partial charge in [-0.05, 0) is 18.2 Å². The molecule has 78 valence electrons. The van der Waals surface area contributed by atoms with E-state index in [-0.39, 0.29) is 11.8 Å². The molecule has 1 saturated heterocycles. The summed E-state index contributed by atoms with van der Waals surface area (Å²) >= 11 is 0. The van der Waals surface area contributed by atoms with Crippen molar-refractivity contribution in [3.63, 3.8) is 0 Å². The lowest BCUT2D eigenvalue weighted by molar-refractivity contribution is -0.117. The molecule has 15 heavy (non-hydrogen) atoms. The van der Waals surface area contributed by atoms with Gasteiger partial charge in [0.25, 0.3) is 0 Å². The van der Waals surface area contributed by atoms with Crippen molar-refractivity contribution >= 4 is 17.3 Å². The maximum absolute atomic E-state index is 11.7. The summed E-state index contributed by atoms with van der Waals surface area (Å²) in [4.78, 5) is 13.5. The Morgan fingerprint density at radius 2 is 2.33 bits per heavy atom. The van der Waals surface area contributed by atoms with Gasteiger partial charge in [0.2, 0.25) is 5.91 Å². The van der Waals surface area contributed by atoms with Gasteiger partial charge in [-0.2, -0.15) is 0 Å². The second kappa shape index (κ2) is 3.77. The first-order valence-electron chi connectivity index (χ1n) is 4.99. The highest BCUT2D eigenvalue weighted by Crippen LogP contribution is 2.26. The molecule has 0 spiro atoms. The fourth-order valence-electron chi connectivity index (χ4n) is 1.84. The average Bonchev–Trinajstić information content (AvgIpc) is 2.60. The van der Waals surface area contributed by atoms with E-state index in [4.69, 9.17) is 5.73 Å². The van der Waals surface area contributed by atoms with Crippen LogP contribution in [-0.2, 0) is 4.79 Å². The summed E-state index contributed by atoms with van der Waals surface area (Å²) in [7, 11) is 0. The van der Waals surface area contributed by atoms with E-state index in [1.807, 2.05) is 30.3 Å². The fraction of sp³-hybridized carbons (Fsp3) is 0.250. The van der Waals surface area contributed by atoms with E-state index in [1.54, 1.807) is 4.90 Å². The lowest BCUT2D eigenvalue weighted by Gasteiger charge is -2.16. The number of carbonyl (C=O) groups is 1. The van der Waals surface area contributed by atoms with Gasteiger partial charge in [-0.1, -0.05) is 12.1 Å². The largest absolute Gasteiger partial charge is 0.399 e. The van der Waals surface area contributed by atoms with Gasteiger partial charge in [0, 0.05) is 30.3 Å². The van der Waals surface area contributed by atoms with E-state index in [2.05, 4.69) is 6.58 Å². The van der Waals surface area contributed by atoms with Crippen molar-refractivity contribution in [3.8, 4) is 0 Å². The molecule has 1 aliphatic rings. The number of amides is 1. The van der Waals surface area contributed by atoms with Gasteiger partial charge in [-0.25, -0.2) is 0 Å². The molecule has 2 rings (SSSR count). The van der Waals surface area contributed by atoms with E-state index in [0.717, 1.165) is 5.69 Å². The second-order valence-corrected chi connectivity index (χ2v) is 3.80. The minimum atomic E-state index is 0.144. The second-order valence-electron chi connectivity index (χ2n) is 3.80. The molecule has 1 unspecified atom stereocenters. The summed E-state index contributed by atoms with van der Waals surface area (Å²) < 4.78 is 0. The zero-order chi connectivity index (χ0) is 10.8. The maximum atomic E-state index is 11.7. The van der Waals surface area contributed by atoms with Gasteiger partial charge >= 0.3 is 0 Å². The molecule has 1 aromatic carbocycles. The van der Waals surface area contributed by atoms with Crippen LogP contribution < -0.4 is 10.6 Å². The fourth-order valence-corrected chi connectivity index (χ4v) is 1.84. The Hall–Kier alpha value is -1.77. The standard InChI is InChI=1S/C12H14N2O/c1-2-9-6-12(15)14(8-9)11-5-3-4-10(13)7-11/h2-5,7,9H,1,6,8,13H2. The SMILES string of the molecule is C=CC1CC(=O)N(c2cccc(N)c2)C1. The van der Waals surface area contributed by atoms with Crippen LogP contribution in [0, 0.1) is 5.92 Å². The molecular formula is C12H14N2O. The van der Waals surface area contributed by atoms with Crippen molar-refractivity contribution in [3.05, 3.63) is 36.9 Å². The normalized spacial score (nSPS) is 20.7. The van der Waals surface area contributed by atoms with Crippen LogP contribution in [0.25, 0.3) is 0 Å². The van der Waals surface area contributed by atoms with E-state index >= 15 is 0 Å². The molecule has 1 fully saturated rings. The number of nitrogens with two attached hydrogens (primary N) is 1. The molecule has 1 heterocycles. The van der Waals surface area contributed by atoms with Crippen LogP contribution in [0.1, 0.15) is 6.42 Å². The summed E-state index contributed by atoms with van der Waals surface area (Å²) in [5.74, 6) is 0.407. The Balaban J connectivity index is 2.25. The van der Waals surface area contributed by atoms with Crippen LogP contribution in [0.2, 0.25) is 0 Å². The minimum Gasteiger partial charge on any atom is -0.399 e. The first kappa shape index (κ1) is 9.77. The van der Waals surface area contributed by atoms with Gasteiger partial charge in [-0.3, -0.25) is 4.79 Å². The van der Waals surface area contributed by atoms with Crippen LogP contribution >= 0.6 is 0 Å². The molecule has 0 saturated carbocycles. The van der Waals surface area contributed by atoms with Gasteiger partial charge < -0.3 is 10.6 Å². The predicted octanol–water partition coefficient (Wildman–Crippen LogP) is 1.81. The topological polar surface area (TPSA) is 46.3 Å². The first-order valence-corrected chi connectivity index (χ1v) is 4.99. The Labute approximate surface area is 89.2 Å². The summed E-state index contributed by atoms with van der Waals surface area (Å²) in [6.07, 6.45) is 2.39. The number of hydrogen-bond acceptors (Lipinski definition) is 2. The van der Waals surface area contributed by atoms with Crippen molar-refractivity contribution in [2.24, 2.45) is 5.92 Å². The molecule has 3 nitrogen and oxygen atoms in total. The van der Waals surface area contributed by atoms with Gasteiger partial charge in [0.1, 0.15) is 0 Å². The van der Waals surface area contributed by atoms with E-state index in [9.17, 15) is 4.79 Å². The zero-order valence-electron chi connectivity index (χ0n) is 8.52. The molecule has 2 N–H and O–H groups in total. The first-order chi connectivity index (χ1) is 7.20. The lowest BCUT2D eigenvalue weighted by atomic mass is 10.1. The number of nitrogen functional groups attached to an aromatic ring is 1. The maximum Gasteiger partial charge on any atom is 0.227 e. The Bertz CT molecular complexity index is 400. The third-order valence-corrected chi connectivity index (χ3v) is 2.67. The quantitative estimate of drug-likeness (QED) is 0.587. The molecule has 1 aromatic rings. The number of carbonyl (C=O) groups excluding carboxylic acids is 1.